The van der Waals surface area contributed by atoms with E-state index < -0.39 is 6.36 Å². The third-order valence-corrected chi connectivity index (χ3v) is 5.37. The molecule has 2 heterocycles. The Morgan fingerprint density at radius 2 is 1.78 bits per heavy atom. The van der Waals surface area contributed by atoms with E-state index in [2.05, 4.69) is 9.84 Å². The number of hydrogen-bond acceptors (Lipinski definition) is 4. The van der Waals surface area contributed by atoms with E-state index >= 15 is 0 Å². The Kier molecular flexibility index (Phi) is 5.77. The molecule has 4 rings (SSSR count). The van der Waals surface area contributed by atoms with Gasteiger partial charge in [-0.1, -0.05) is 18.2 Å². The first-order chi connectivity index (χ1) is 15.2. The van der Waals surface area contributed by atoms with Crippen LogP contribution < -0.4 is 10.4 Å². The molecule has 1 aromatic heterocycles. The quantitative estimate of drug-likeness (QED) is 0.615. The van der Waals surface area contributed by atoms with E-state index in [0.717, 1.165) is 18.6 Å². The maximum atomic E-state index is 13.0. The van der Waals surface area contributed by atoms with Gasteiger partial charge < -0.3 is 9.64 Å². The van der Waals surface area contributed by atoms with Gasteiger partial charge in [0.15, 0.2) is 0 Å². The number of likely N-dealkylation sites (tertiary alicyclic amines) is 1. The van der Waals surface area contributed by atoms with E-state index in [9.17, 15) is 22.8 Å². The second-order valence-electron chi connectivity index (χ2n) is 7.60. The highest BCUT2D eigenvalue weighted by Crippen LogP contribution is 2.28. The van der Waals surface area contributed by atoms with Crippen LogP contribution in [0, 0.1) is 0 Å². The highest BCUT2D eigenvalue weighted by molar-refractivity contribution is 5.94. The molecule has 10 heteroatoms. The van der Waals surface area contributed by atoms with E-state index in [-0.39, 0.29) is 28.8 Å². The lowest BCUT2D eigenvalue weighted by Crippen LogP contribution is -2.40. The van der Waals surface area contributed by atoms with Crippen molar-refractivity contribution in [1.29, 1.82) is 0 Å². The Hall–Kier alpha value is -3.56. The lowest BCUT2D eigenvalue weighted by atomic mass is 9.96. The fourth-order valence-electron chi connectivity index (χ4n) is 3.92. The van der Waals surface area contributed by atoms with Crippen LogP contribution >= 0.6 is 0 Å². The van der Waals surface area contributed by atoms with Crippen molar-refractivity contribution in [1.82, 2.24) is 19.2 Å². The molecule has 0 spiro atoms. The van der Waals surface area contributed by atoms with Gasteiger partial charge >= 0.3 is 12.1 Å². The summed E-state index contributed by atoms with van der Waals surface area (Å²) in [5.41, 5.74) is 0.695. The zero-order valence-corrected chi connectivity index (χ0v) is 17.2. The van der Waals surface area contributed by atoms with E-state index in [4.69, 9.17) is 0 Å². The summed E-state index contributed by atoms with van der Waals surface area (Å²) in [6.45, 7) is 0.863. The molecule has 1 aliphatic rings. The number of hydrogen-bond donors (Lipinski definition) is 0. The van der Waals surface area contributed by atoms with Crippen LogP contribution in [0.4, 0.5) is 13.2 Å². The molecule has 1 amide bonds. The van der Waals surface area contributed by atoms with Gasteiger partial charge in [0.25, 0.3) is 5.91 Å². The molecule has 7 nitrogen and oxygen atoms in total. The number of amides is 1. The lowest BCUT2D eigenvalue weighted by molar-refractivity contribution is -0.274. The van der Waals surface area contributed by atoms with Crippen LogP contribution in [0.3, 0.4) is 0 Å². The molecule has 3 aromatic rings. The van der Waals surface area contributed by atoms with Crippen molar-refractivity contribution in [2.75, 3.05) is 13.1 Å². The van der Waals surface area contributed by atoms with Crippen LogP contribution in [0.2, 0.25) is 0 Å². The molecule has 0 saturated carbocycles. The van der Waals surface area contributed by atoms with Crippen molar-refractivity contribution in [2.24, 2.45) is 7.05 Å². The normalized spacial score (nSPS) is 16.8. The minimum Gasteiger partial charge on any atom is -0.406 e. The SMILES string of the molecule is Cn1nc(C2CCCN(C(=O)c3ccc(OC(F)(F)F)cc3)C2)n(-c2ccccc2)c1=O. The molecule has 0 aliphatic carbocycles. The minimum atomic E-state index is -4.79. The van der Waals surface area contributed by atoms with Gasteiger partial charge in [-0.3, -0.25) is 4.79 Å². The van der Waals surface area contributed by atoms with Crippen molar-refractivity contribution in [3.63, 3.8) is 0 Å². The molecule has 1 aliphatic heterocycles. The number of rotatable bonds is 4. The number of aromatic nitrogens is 3. The molecule has 1 unspecified atom stereocenters. The number of piperidine rings is 1. The van der Waals surface area contributed by atoms with Crippen LogP contribution in [0.5, 0.6) is 5.75 Å². The fourth-order valence-corrected chi connectivity index (χ4v) is 3.92. The first-order valence-electron chi connectivity index (χ1n) is 10.1. The zero-order chi connectivity index (χ0) is 22.9. The summed E-state index contributed by atoms with van der Waals surface area (Å²) in [6, 6.07) is 14.0. The summed E-state index contributed by atoms with van der Waals surface area (Å²) in [5, 5.41) is 4.43. The monoisotopic (exact) mass is 446 g/mol. The zero-order valence-electron chi connectivity index (χ0n) is 17.2. The highest BCUT2D eigenvalue weighted by atomic mass is 19.4. The van der Waals surface area contributed by atoms with Crippen LogP contribution in [-0.4, -0.2) is 44.6 Å². The maximum absolute atomic E-state index is 13.0. The molecular formula is C22H21F3N4O3. The van der Waals surface area contributed by atoms with Gasteiger partial charge in [0.2, 0.25) is 0 Å². The van der Waals surface area contributed by atoms with Crippen LogP contribution in [0.25, 0.3) is 5.69 Å². The number of alkyl halides is 3. The van der Waals surface area contributed by atoms with Crippen molar-refractivity contribution in [3.05, 3.63) is 76.5 Å². The van der Waals surface area contributed by atoms with Crippen LogP contribution in [0.1, 0.15) is 34.9 Å². The summed E-state index contributed by atoms with van der Waals surface area (Å²) >= 11 is 0. The van der Waals surface area contributed by atoms with Gasteiger partial charge in [0.05, 0.1) is 5.69 Å². The van der Waals surface area contributed by atoms with E-state index in [1.54, 1.807) is 16.5 Å². The number of nitrogens with zero attached hydrogens (tertiary/aromatic N) is 4. The Labute approximate surface area is 181 Å². The van der Waals surface area contributed by atoms with Crippen molar-refractivity contribution < 1.29 is 22.7 Å². The minimum absolute atomic E-state index is 0.158. The number of para-hydroxylation sites is 1. The van der Waals surface area contributed by atoms with Gasteiger partial charge in [-0.05, 0) is 49.2 Å². The topological polar surface area (TPSA) is 69.4 Å². The van der Waals surface area contributed by atoms with Crippen molar-refractivity contribution >= 4 is 5.91 Å². The fraction of sp³-hybridized carbons (Fsp3) is 0.318. The smallest absolute Gasteiger partial charge is 0.406 e. The maximum Gasteiger partial charge on any atom is 0.573 e. The van der Waals surface area contributed by atoms with Gasteiger partial charge in [-0.2, -0.15) is 5.10 Å². The first kappa shape index (κ1) is 21.7. The second kappa shape index (κ2) is 8.52. The summed E-state index contributed by atoms with van der Waals surface area (Å²) in [5.74, 6) is -0.256. The third-order valence-electron chi connectivity index (χ3n) is 5.37. The Morgan fingerprint density at radius 1 is 1.09 bits per heavy atom. The van der Waals surface area contributed by atoms with E-state index in [1.165, 1.54) is 16.8 Å². The molecule has 1 saturated heterocycles. The lowest BCUT2D eigenvalue weighted by Gasteiger charge is -2.32. The molecule has 32 heavy (non-hydrogen) atoms. The molecule has 2 aromatic carbocycles. The molecule has 0 bridgehead atoms. The second-order valence-corrected chi connectivity index (χ2v) is 7.60. The van der Waals surface area contributed by atoms with Crippen molar-refractivity contribution in [3.8, 4) is 11.4 Å². The first-order valence-corrected chi connectivity index (χ1v) is 10.1. The number of benzene rings is 2. The predicted octanol–water partition coefficient (Wildman–Crippen LogP) is 3.49. The average Bonchev–Trinajstić information content (AvgIpc) is 3.08. The third kappa shape index (κ3) is 4.53. The number of carbonyl (C=O) groups excluding carboxylic acids is 1. The van der Waals surface area contributed by atoms with Crippen molar-refractivity contribution in [2.45, 2.75) is 25.1 Å². The Morgan fingerprint density at radius 3 is 2.44 bits per heavy atom. The highest BCUT2D eigenvalue weighted by Gasteiger charge is 2.32. The number of halogens is 3. The largest absolute Gasteiger partial charge is 0.573 e. The van der Waals surface area contributed by atoms with Crippen LogP contribution in [0.15, 0.2) is 59.4 Å². The molecule has 0 N–H and O–H groups in total. The van der Waals surface area contributed by atoms with Gasteiger partial charge in [-0.25, -0.2) is 14.0 Å². The summed E-state index contributed by atoms with van der Waals surface area (Å²) in [7, 11) is 1.58. The van der Waals surface area contributed by atoms with E-state index in [1.807, 2.05) is 30.3 Å². The number of ether oxygens (including phenoxy) is 1. The molecule has 0 radical (unpaired) electrons. The summed E-state index contributed by atoms with van der Waals surface area (Å²) < 4.78 is 43.8. The molecule has 168 valence electrons. The predicted molar refractivity (Wildman–Crippen MR) is 110 cm³/mol. The Bertz CT molecular complexity index is 1150. The summed E-state index contributed by atoms with van der Waals surface area (Å²) in [4.78, 5) is 27.3. The molecule has 1 atom stereocenters. The summed E-state index contributed by atoms with van der Waals surface area (Å²) in [6.07, 6.45) is -3.32. The Balaban J connectivity index is 1.55. The van der Waals surface area contributed by atoms with Crippen LogP contribution in [-0.2, 0) is 7.05 Å². The standard InChI is InChI=1S/C22H21F3N4O3/c1-27-21(31)29(17-7-3-2-4-8-17)19(26-27)16-6-5-13-28(14-16)20(30)15-9-11-18(12-10-15)32-22(23,24)25/h2-4,7-12,16H,5-6,13-14H2,1H3. The average molecular weight is 446 g/mol. The molecule has 1 fully saturated rings. The number of aryl methyl sites for hydroxylation is 1. The van der Waals surface area contributed by atoms with Gasteiger partial charge in [0, 0.05) is 31.6 Å². The van der Waals surface area contributed by atoms with Gasteiger partial charge in [-0.15, -0.1) is 13.2 Å². The molecular weight excluding hydrogens is 425 g/mol. The van der Waals surface area contributed by atoms with Gasteiger partial charge in [0.1, 0.15) is 11.6 Å². The number of carbonyl (C=O) groups is 1. The van der Waals surface area contributed by atoms with E-state index in [0.29, 0.717) is 31.0 Å².